The third kappa shape index (κ3) is 4.96. The van der Waals surface area contributed by atoms with E-state index in [1.54, 1.807) is 36.4 Å². The number of thiophene rings is 1. The molecule has 0 bridgehead atoms. The Morgan fingerprint density at radius 2 is 1.70 bits per heavy atom. The first-order valence-corrected chi connectivity index (χ1v) is 11.0. The minimum Gasteiger partial charge on any atom is -0.363 e. The zero-order valence-electron chi connectivity index (χ0n) is 14.9. The van der Waals surface area contributed by atoms with Gasteiger partial charge < -0.3 is 10.2 Å². The topological polar surface area (TPSA) is 87.2 Å². The standard InChI is InChI=1S/C17H18BrN5O2S2/c1-11-10-15(23(2)3)21-17(19-11)20-12-4-6-13(7-5-12)22-27(24,25)16-9-8-14(18)26-16/h4-10,22H,1-3H3,(H,19,20,21). The summed E-state index contributed by atoms with van der Waals surface area (Å²) >= 11 is 4.43. The van der Waals surface area contributed by atoms with Gasteiger partial charge >= 0.3 is 0 Å². The van der Waals surface area contributed by atoms with Crippen LogP contribution in [-0.2, 0) is 10.0 Å². The number of aryl methyl sites for hydroxylation is 1. The van der Waals surface area contributed by atoms with Gasteiger partial charge in [-0.2, -0.15) is 4.98 Å². The van der Waals surface area contributed by atoms with Gasteiger partial charge in [0.25, 0.3) is 10.0 Å². The molecule has 2 heterocycles. The number of anilines is 4. The van der Waals surface area contributed by atoms with Gasteiger partial charge in [-0.05, 0) is 59.3 Å². The Balaban J connectivity index is 1.74. The molecule has 0 saturated heterocycles. The highest BCUT2D eigenvalue weighted by molar-refractivity contribution is 9.11. The maximum absolute atomic E-state index is 12.4. The van der Waals surface area contributed by atoms with E-state index in [9.17, 15) is 8.42 Å². The number of hydrogen-bond donors (Lipinski definition) is 2. The Labute approximate surface area is 170 Å². The normalized spacial score (nSPS) is 11.3. The zero-order chi connectivity index (χ0) is 19.6. The van der Waals surface area contributed by atoms with Crippen molar-refractivity contribution in [2.24, 2.45) is 0 Å². The highest BCUT2D eigenvalue weighted by atomic mass is 79.9. The van der Waals surface area contributed by atoms with Crippen LogP contribution in [0.4, 0.5) is 23.1 Å². The van der Waals surface area contributed by atoms with Crippen LogP contribution in [0.5, 0.6) is 0 Å². The summed E-state index contributed by atoms with van der Waals surface area (Å²) in [5.41, 5.74) is 2.08. The molecule has 1 aromatic carbocycles. The molecule has 0 fully saturated rings. The summed E-state index contributed by atoms with van der Waals surface area (Å²) in [6, 6.07) is 12.1. The fourth-order valence-corrected chi connectivity index (χ4v) is 5.30. The van der Waals surface area contributed by atoms with Crippen molar-refractivity contribution in [2.45, 2.75) is 11.1 Å². The van der Waals surface area contributed by atoms with Gasteiger partial charge in [0.05, 0.1) is 3.79 Å². The molecule has 2 aromatic heterocycles. The molecule has 0 amide bonds. The Kier molecular flexibility index (Phi) is 5.68. The van der Waals surface area contributed by atoms with Crippen LogP contribution in [0.15, 0.2) is 50.5 Å². The van der Waals surface area contributed by atoms with Crippen molar-refractivity contribution in [3.8, 4) is 0 Å². The third-order valence-corrected chi connectivity index (χ3v) is 7.00. The molecule has 0 aliphatic carbocycles. The first-order valence-electron chi connectivity index (χ1n) is 7.91. The van der Waals surface area contributed by atoms with Gasteiger partial charge in [-0.1, -0.05) is 0 Å². The summed E-state index contributed by atoms with van der Waals surface area (Å²) < 4.78 is 28.3. The second-order valence-electron chi connectivity index (χ2n) is 5.95. The SMILES string of the molecule is Cc1cc(N(C)C)nc(Nc2ccc(NS(=O)(=O)c3ccc(Br)s3)cc2)n1. The lowest BCUT2D eigenvalue weighted by atomic mass is 10.3. The molecule has 2 N–H and O–H groups in total. The fourth-order valence-electron chi connectivity index (χ4n) is 2.24. The highest BCUT2D eigenvalue weighted by Crippen LogP contribution is 2.28. The van der Waals surface area contributed by atoms with Crippen molar-refractivity contribution < 1.29 is 8.42 Å². The van der Waals surface area contributed by atoms with Crippen LogP contribution in [-0.4, -0.2) is 32.5 Å². The van der Waals surface area contributed by atoms with Crippen LogP contribution in [0.1, 0.15) is 5.69 Å². The molecule has 10 heteroatoms. The number of nitrogens with zero attached hydrogens (tertiary/aromatic N) is 3. The van der Waals surface area contributed by atoms with Gasteiger partial charge in [0.2, 0.25) is 5.95 Å². The molecule has 0 atom stereocenters. The lowest BCUT2D eigenvalue weighted by Gasteiger charge is -2.14. The van der Waals surface area contributed by atoms with Crippen molar-refractivity contribution in [2.75, 3.05) is 29.0 Å². The van der Waals surface area contributed by atoms with Crippen molar-refractivity contribution in [3.05, 3.63) is 51.9 Å². The van der Waals surface area contributed by atoms with Crippen LogP contribution in [0.25, 0.3) is 0 Å². The predicted octanol–water partition coefficient (Wildman–Crippen LogP) is 4.22. The van der Waals surface area contributed by atoms with E-state index in [0.717, 1.165) is 32.3 Å². The van der Waals surface area contributed by atoms with Crippen molar-refractivity contribution in [1.29, 1.82) is 0 Å². The molecule has 0 unspecified atom stereocenters. The van der Waals surface area contributed by atoms with Gasteiger partial charge in [0.1, 0.15) is 10.0 Å². The first-order chi connectivity index (χ1) is 12.7. The number of aromatic nitrogens is 2. The molecule has 27 heavy (non-hydrogen) atoms. The van der Waals surface area contributed by atoms with E-state index in [1.807, 2.05) is 32.0 Å². The quantitative estimate of drug-likeness (QED) is 0.564. The second kappa shape index (κ2) is 7.83. The van der Waals surface area contributed by atoms with E-state index in [0.29, 0.717) is 11.6 Å². The van der Waals surface area contributed by atoms with Crippen LogP contribution < -0.4 is 14.9 Å². The third-order valence-electron chi connectivity index (χ3n) is 3.51. The minimum atomic E-state index is -3.60. The number of halogens is 1. The summed E-state index contributed by atoms with van der Waals surface area (Å²) in [5.74, 6) is 1.28. The summed E-state index contributed by atoms with van der Waals surface area (Å²) in [6.07, 6.45) is 0. The van der Waals surface area contributed by atoms with E-state index in [-0.39, 0.29) is 4.21 Å². The largest absolute Gasteiger partial charge is 0.363 e. The van der Waals surface area contributed by atoms with E-state index >= 15 is 0 Å². The van der Waals surface area contributed by atoms with Crippen molar-refractivity contribution in [1.82, 2.24) is 9.97 Å². The van der Waals surface area contributed by atoms with Gasteiger partial charge in [-0.15, -0.1) is 11.3 Å². The van der Waals surface area contributed by atoms with Crippen LogP contribution in [0.2, 0.25) is 0 Å². The van der Waals surface area contributed by atoms with E-state index in [1.165, 1.54) is 0 Å². The average Bonchev–Trinajstić information content (AvgIpc) is 3.03. The molecule has 0 aliphatic heterocycles. The predicted molar refractivity (Wildman–Crippen MR) is 114 cm³/mol. The van der Waals surface area contributed by atoms with Gasteiger partial charge in [-0.25, -0.2) is 13.4 Å². The number of rotatable bonds is 6. The van der Waals surface area contributed by atoms with Gasteiger partial charge in [0, 0.05) is 37.2 Å². The summed E-state index contributed by atoms with van der Waals surface area (Å²) in [5, 5.41) is 3.13. The number of hydrogen-bond acceptors (Lipinski definition) is 7. The van der Waals surface area contributed by atoms with E-state index < -0.39 is 10.0 Å². The minimum absolute atomic E-state index is 0.251. The Morgan fingerprint density at radius 1 is 1.04 bits per heavy atom. The van der Waals surface area contributed by atoms with Crippen molar-refractivity contribution in [3.63, 3.8) is 0 Å². The molecule has 7 nitrogen and oxygen atoms in total. The number of sulfonamides is 1. The van der Waals surface area contributed by atoms with Gasteiger partial charge in [0.15, 0.2) is 0 Å². The second-order valence-corrected chi connectivity index (χ2v) is 10.3. The lowest BCUT2D eigenvalue weighted by Crippen LogP contribution is -2.13. The summed E-state index contributed by atoms with van der Waals surface area (Å²) in [4.78, 5) is 10.7. The van der Waals surface area contributed by atoms with Crippen LogP contribution in [0.3, 0.4) is 0 Å². The van der Waals surface area contributed by atoms with Crippen LogP contribution in [0, 0.1) is 6.92 Å². The maximum Gasteiger partial charge on any atom is 0.271 e. The Bertz CT molecular complexity index is 1050. The van der Waals surface area contributed by atoms with E-state index in [4.69, 9.17) is 0 Å². The average molecular weight is 468 g/mol. The van der Waals surface area contributed by atoms with Gasteiger partial charge in [-0.3, -0.25) is 4.72 Å². The first kappa shape index (κ1) is 19.6. The Morgan fingerprint density at radius 3 is 2.30 bits per heavy atom. The maximum atomic E-state index is 12.4. The molecular formula is C17H18BrN5O2S2. The summed E-state index contributed by atoms with van der Waals surface area (Å²) in [6.45, 7) is 1.90. The van der Waals surface area contributed by atoms with Crippen LogP contribution >= 0.6 is 27.3 Å². The number of benzene rings is 1. The molecule has 3 aromatic rings. The molecule has 142 valence electrons. The summed E-state index contributed by atoms with van der Waals surface area (Å²) in [7, 11) is 0.233. The monoisotopic (exact) mass is 467 g/mol. The molecule has 0 spiro atoms. The number of nitrogens with one attached hydrogen (secondary N) is 2. The Hall–Kier alpha value is -2.17. The molecule has 0 aliphatic rings. The molecule has 3 rings (SSSR count). The highest BCUT2D eigenvalue weighted by Gasteiger charge is 2.16. The fraction of sp³-hybridized carbons (Fsp3) is 0.176. The molecule has 0 radical (unpaired) electrons. The van der Waals surface area contributed by atoms with E-state index in [2.05, 4.69) is 35.9 Å². The van der Waals surface area contributed by atoms with Crippen molar-refractivity contribution >= 4 is 60.4 Å². The lowest BCUT2D eigenvalue weighted by molar-refractivity contribution is 0.603. The smallest absolute Gasteiger partial charge is 0.271 e. The molecular weight excluding hydrogens is 450 g/mol. The zero-order valence-corrected chi connectivity index (χ0v) is 18.1. The molecule has 0 saturated carbocycles.